The maximum Gasteiger partial charge on any atom is -0.0163 e. The highest BCUT2D eigenvalue weighted by atomic mass is 31.1. The summed E-state index contributed by atoms with van der Waals surface area (Å²) in [4.78, 5) is 0. The minimum Gasteiger partial charge on any atom is -0.0869 e. The highest BCUT2D eigenvalue weighted by Gasteiger charge is 2.30. The van der Waals surface area contributed by atoms with Gasteiger partial charge in [0.05, 0.1) is 0 Å². The molecule has 0 saturated heterocycles. The van der Waals surface area contributed by atoms with Crippen LogP contribution in [-0.2, 0) is 0 Å². The van der Waals surface area contributed by atoms with Crippen molar-refractivity contribution in [2.75, 3.05) is 0 Å². The number of hydrogen-bond acceptors (Lipinski definition) is 0. The molecule has 0 aliphatic heterocycles. The average molecular weight is 248 g/mol. The lowest BCUT2D eigenvalue weighted by Gasteiger charge is -2.37. The summed E-state index contributed by atoms with van der Waals surface area (Å²) < 4.78 is 0. The van der Waals surface area contributed by atoms with Crippen LogP contribution in [-0.4, -0.2) is 5.66 Å². The van der Waals surface area contributed by atoms with Gasteiger partial charge in [0.1, 0.15) is 0 Å². The molecule has 1 unspecified atom stereocenters. The van der Waals surface area contributed by atoms with E-state index in [2.05, 4.69) is 51.1 Å². The molecule has 0 bridgehead atoms. The fourth-order valence-corrected chi connectivity index (χ4v) is 5.22. The van der Waals surface area contributed by atoms with Crippen LogP contribution < -0.4 is 5.30 Å². The fraction of sp³-hybridized carbons (Fsp3) is 0.625. The first-order valence-corrected chi connectivity index (χ1v) is 8.06. The molecule has 0 radical (unpaired) electrons. The van der Waals surface area contributed by atoms with E-state index in [-0.39, 0.29) is 0 Å². The smallest absolute Gasteiger partial charge is 0.0163 e. The summed E-state index contributed by atoms with van der Waals surface area (Å²) in [5.74, 6) is 2.74. The van der Waals surface area contributed by atoms with Gasteiger partial charge in [-0.3, -0.25) is 0 Å². The molecule has 0 nitrogen and oxygen atoms in total. The molecule has 4 atom stereocenters. The van der Waals surface area contributed by atoms with E-state index >= 15 is 0 Å². The van der Waals surface area contributed by atoms with Gasteiger partial charge in [-0.15, -0.1) is 0 Å². The molecular weight excluding hydrogens is 223 g/mol. The molecule has 0 amide bonds. The number of rotatable bonds is 3. The van der Waals surface area contributed by atoms with E-state index < -0.39 is 0 Å². The Kier molecular flexibility index (Phi) is 4.62. The molecule has 0 aromatic heterocycles. The predicted octanol–water partition coefficient (Wildman–Crippen LogP) is 4.45. The second kappa shape index (κ2) is 6.01. The Hall–Kier alpha value is -0.350. The van der Waals surface area contributed by atoms with Crippen molar-refractivity contribution < 1.29 is 0 Å². The van der Waals surface area contributed by atoms with Crippen molar-refractivity contribution in [2.45, 2.75) is 45.7 Å². The zero-order chi connectivity index (χ0) is 12.3. The van der Waals surface area contributed by atoms with Crippen LogP contribution in [0.5, 0.6) is 0 Å². The van der Waals surface area contributed by atoms with Gasteiger partial charge in [0.25, 0.3) is 0 Å². The molecule has 94 valence electrons. The second-order valence-electron chi connectivity index (χ2n) is 5.94. The van der Waals surface area contributed by atoms with Gasteiger partial charge in [0, 0.05) is 0 Å². The minimum atomic E-state index is 0.851. The first kappa shape index (κ1) is 13.1. The maximum atomic E-state index is 2.43. The van der Waals surface area contributed by atoms with Crippen molar-refractivity contribution in [3.05, 3.63) is 30.3 Å². The Morgan fingerprint density at radius 1 is 1.12 bits per heavy atom. The van der Waals surface area contributed by atoms with Crippen molar-refractivity contribution in [1.29, 1.82) is 0 Å². The summed E-state index contributed by atoms with van der Waals surface area (Å²) in [5.41, 5.74) is 0.932. The van der Waals surface area contributed by atoms with Gasteiger partial charge >= 0.3 is 0 Å². The molecule has 1 aromatic carbocycles. The Bertz CT molecular complexity index is 331. The van der Waals surface area contributed by atoms with Gasteiger partial charge in [-0.05, 0) is 41.6 Å². The maximum absolute atomic E-state index is 2.43. The van der Waals surface area contributed by atoms with Gasteiger partial charge in [0.2, 0.25) is 0 Å². The van der Waals surface area contributed by atoms with E-state index in [4.69, 9.17) is 0 Å². The molecule has 1 aliphatic rings. The Morgan fingerprint density at radius 2 is 1.82 bits per heavy atom. The summed E-state index contributed by atoms with van der Waals surface area (Å²) in [6.07, 6.45) is 4.33. The molecule has 1 aliphatic carbocycles. The van der Waals surface area contributed by atoms with Gasteiger partial charge in [0.15, 0.2) is 0 Å². The molecule has 17 heavy (non-hydrogen) atoms. The summed E-state index contributed by atoms with van der Waals surface area (Å²) in [6, 6.07) is 11.1. The number of benzene rings is 1. The molecule has 2 rings (SSSR count). The molecule has 0 N–H and O–H groups in total. The third-order valence-corrected chi connectivity index (χ3v) is 5.85. The third-order valence-electron chi connectivity index (χ3n) is 4.15. The van der Waals surface area contributed by atoms with E-state index in [1.54, 1.807) is 5.30 Å². The van der Waals surface area contributed by atoms with Gasteiger partial charge < -0.3 is 0 Å². The van der Waals surface area contributed by atoms with Crippen LogP contribution in [0.1, 0.15) is 40.0 Å². The van der Waals surface area contributed by atoms with Crippen LogP contribution in [0.25, 0.3) is 0 Å². The van der Waals surface area contributed by atoms with Crippen LogP contribution in [0.15, 0.2) is 30.3 Å². The van der Waals surface area contributed by atoms with Crippen LogP contribution >= 0.6 is 8.58 Å². The van der Waals surface area contributed by atoms with E-state index in [0.717, 1.165) is 32.0 Å². The standard InChI is InChI=1S/C16H25P/c1-12(2)15-10-9-13(3)11-16(15)17-14-7-5-4-6-8-14/h4-8,12-13,15-17H,9-11H2,1-3H3/t13-,15+,16-/m0/s1. The van der Waals surface area contributed by atoms with Gasteiger partial charge in [-0.2, -0.15) is 0 Å². The van der Waals surface area contributed by atoms with Gasteiger partial charge in [-0.25, -0.2) is 0 Å². The lowest BCUT2D eigenvalue weighted by molar-refractivity contribution is 0.243. The van der Waals surface area contributed by atoms with Gasteiger partial charge in [-0.1, -0.05) is 66.1 Å². The molecule has 0 spiro atoms. The summed E-state index contributed by atoms with van der Waals surface area (Å²) in [6.45, 7) is 7.24. The Morgan fingerprint density at radius 3 is 2.47 bits per heavy atom. The average Bonchev–Trinajstić information content (AvgIpc) is 2.30. The lowest BCUT2D eigenvalue weighted by atomic mass is 9.77. The molecular formula is C16H25P. The summed E-state index contributed by atoms with van der Waals surface area (Å²) in [5, 5.41) is 1.55. The fourth-order valence-electron chi connectivity index (χ4n) is 3.12. The molecule has 1 saturated carbocycles. The summed E-state index contributed by atoms with van der Waals surface area (Å²) in [7, 11) is 1.01. The van der Waals surface area contributed by atoms with Crippen LogP contribution in [0, 0.1) is 17.8 Å². The van der Waals surface area contributed by atoms with Crippen LogP contribution in [0.3, 0.4) is 0 Å². The van der Waals surface area contributed by atoms with Crippen molar-refractivity contribution in [3.63, 3.8) is 0 Å². The molecule has 1 fully saturated rings. The third kappa shape index (κ3) is 3.55. The Balaban J connectivity index is 2.05. The van der Waals surface area contributed by atoms with Crippen molar-refractivity contribution in [3.8, 4) is 0 Å². The van der Waals surface area contributed by atoms with Crippen molar-refractivity contribution in [2.24, 2.45) is 17.8 Å². The second-order valence-corrected chi connectivity index (χ2v) is 7.55. The SMILES string of the molecule is CC(C)[C@H]1CC[C@H](C)C[C@@H]1Pc1ccccc1. The van der Waals surface area contributed by atoms with E-state index in [1.807, 2.05) is 0 Å². The van der Waals surface area contributed by atoms with Crippen molar-refractivity contribution in [1.82, 2.24) is 0 Å². The quantitative estimate of drug-likeness (QED) is 0.693. The Labute approximate surface area is 108 Å². The van der Waals surface area contributed by atoms with E-state index in [1.165, 1.54) is 19.3 Å². The number of hydrogen-bond donors (Lipinski definition) is 0. The molecule has 1 heteroatoms. The largest absolute Gasteiger partial charge is 0.0869 e. The van der Waals surface area contributed by atoms with E-state index in [9.17, 15) is 0 Å². The highest BCUT2D eigenvalue weighted by molar-refractivity contribution is 7.48. The predicted molar refractivity (Wildman–Crippen MR) is 79.5 cm³/mol. The zero-order valence-corrected chi connectivity index (χ0v) is 12.3. The highest BCUT2D eigenvalue weighted by Crippen LogP contribution is 2.42. The normalized spacial score (nSPS) is 30.2. The summed E-state index contributed by atoms with van der Waals surface area (Å²) >= 11 is 0. The lowest BCUT2D eigenvalue weighted by Crippen LogP contribution is -2.30. The first-order chi connectivity index (χ1) is 8.16. The van der Waals surface area contributed by atoms with Crippen LogP contribution in [0.2, 0.25) is 0 Å². The topological polar surface area (TPSA) is 0 Å². The minimum absolute atomic E-state index is 0.851. The first-order valence-electron chi connectivity index (χ1n) is 6.98. The van der Waals surface area contributed by atoms with Crippen molar-refractivity contribution >= 4 is 13.9 Å². The molecule has 0 heterocycles. The monoisotopic (exact) mass is 248 g/mol. The zero-order valence-electron chi connectivity index (χ0n) is 11.3. The van der Waals surface area contributed by atoms with Crippen LogP contribution in [0.4, 0.5) is 0 Å². The molecule has 1 aromatic rings. The van der Waals surface area contributed by atoms with E-state index in [0.29, 0.717) is 0 Å².